The predicted molar refractivity (Wildman–Crippen MR) is 116 cm³/mol. The molecule has 5 N–H and O–H groups in total. The number of benzene rings is 1. The van der Waals surface area contributed by atoms with Crippen LogP contribution in [0.5, 0.6) is 5.75 Å². The number of ether oxygens (including phenoxy) is 1. The number of aromatic hydroxyl groups is 1. The van der Waals surface area contributed by atoms with Crippen LogP contribution < -0.4 is 5.32 Å². The smallest absolute Gasteiger partial charge is 0.167 e. The highest BCUT2D eigenvalue weighted by Crippen LogP contribution is 2.32. The van der Waals surface area contributed by atoms with E-state index in [0.717, 1.165) is 9.13 Å². The van der Waals surface area contributed by atoms with E-state index in [4.69, 9.17) is 4.74 Å². The van der Waals surface area contributed by atoms with E-state index in [0.29, 0.717) is 23.4 Å². The van der Waals surface area contributed by atoms with Crippen molar-refractivity contribution in [1.29, 1.82) is 0 Å². The van der Waals surface area contributed by atoms with E-state index in [9.17, 15) is 20.4 Å². The van der Waals surface area contributed by atoms with Gasteiger partial charge in [-0.25, -0.2) is 15.0 Å². The summed E-state index contributed by atoms with van der Waals surface area (Å²) in [7, 11) is 0. The summed E-state index contributed by atoms with van der Waals surface area (Å²) < 4.78 is 7.90. The van der Waals surface area contributed by atoms with E-state index < -0.39 is 31.1 Å². The average Bonchev–Trinajstić information content (AvgIpc) is 3.27. The number of nitrogens with one attached hydrogen (secondary N) is 1. The molecule has 2 aromatic heterocycles. The lowest BCUT2D eigenvalue weighted by Crippen LogP contribution is -2.33. The Labute approximate surface area is 185 Å². The molecule has 0 radical (unpaired) electrons. The van der Waals surface area contributed by atoms with E-state index in [-0.39, 0.29) is 11.8 Å². The Bertz CT molecular complexity index is 1050. The molecule has 1 aliphatic heterocycles. The van der Waals surface area contributed by atoms with Gasteiger partial charge in [0.05, 0.1) is 16.5 Å². The number of rotatable bonds is 6. The topological polar surface area (TPSA) is 146 Å². The van der Waals surface area contributed by atoms with Gasteiger partial charge < -0.3 is 30.5 Å². The number of aliphatic hydroxyl groups excluding tert-OH is 3. The highest BCUT2D eigenvalue weighted by atomic mass is 127. The van der Waals surface area contributed by atoms with Crippen molar-refractivity contribution < 1.29 is 25.2 Å². The number of aliphatic hydroxyl groups is 3. The van der Waals surface area contributed by atoms with Crippen molar-refractivity contribution in [2.75, 3.05) is 11.9 Å². The number of nitrogens with zero attached hydrogens (tertiary/aromatic N) is 4. The second kappa shape index (κ2) is 8.59. The first-order valence-electron chi connectivity index (χ1n) is 9.43. The Morgan fingerprint density at radius 1 is 1.23 bits per heavy atom. The second-order valence-corrected chi connectivity index (χ2v) is 8.47. The van der Waals surface area contributed by atoms with Crippen molar-refractivity contribution in [3.8, 4) is 5.75 Å². The monoisotopic (exact) mass is 527 g/mol. The number of fused-ring (bicyclic) bond motifs is 1. The van der Waals surface area contributed by atoms with Crippen LogP contribution in [0.25, 0.3) is 11.2 Å². The molecule has 0 saturated carbocycles. The molecule has 0 amide bonds. The molecule has 3 heterocycles. The average molecular weight is 527 g/mol. The third-order valence-electron chi connectivity index (χ3n) is 5.09. The molecule has 1 unspecified atom stereocenters. The predicted octanol–water partition coefficient (Wildman–Crippen LogP) is 0.791. The fourth-order valence-corrected chi connectivity index (χ4v) is 4.15. The van der Waals surface area contributed by atoms with Crippen LogP contribution >= 0.6 is 22.6 Å². The molecular formula is C19H22IN5O5. The van der Waals surface area contributed by atoms with Gasteiger partial charge in [-0.05, 0) is 53.6 Å². The molecule has 5 atom stereocenters. The number of imidazole rings is 1. The Morgan fingerprint density at radius 2 is 2.03 bits per heavy atom. The zero-order valence-corrected chi connectivity index (χ0v) is 18.2. The number of anilines is 1. The number of aromatic nitrogens is 4. The normalized spacial score (nSPS) is 25.0. The number of phenols is 1. The Morgan fingerprint density at radius 3 is 2.73 bits per heavy atom. The minimum absolute atomic E-state index is 0.0162. The van der Waals surface area contributed by atoms with Crippen molar-refractivity contribution >= 4 is 39.6 Å². The summed E-state index contributed by atoms with van der Waals surface area (Å²) in [6.07, 6.45) is -0.654. The van der Waals surface area contributed by atoms with Gasteiger partial charge >= 0.3 is 0 Å². The van der Waals surface area contributed by atoms with E-state index >= 15 is 0 Å². The Hall–Kier alpha value is -2.06. The van der Waals surface area contributed by atoms with Crippen LogP contribution in [-0.4, -0.2) is 70.9 Å². The van der Waals surface area contributed by atoms with Crippen molar-refractivity contribution in [3.05, 3.63) is 40.0 Å². The molecule has 0 spiro atoms. The molecule has 0 bridgehead atoms. The minimum atomic E-state index is -1.22. The Kier molecular flexibility index (Phi) is 6.06. The van der Waals surface area contributed by atoms with Gasteiger partial charge in [0.2, 0.25) is 0 Å². The summed E-state index contributed by atoms with van der Waals surface area (Å²) in [5.41, 5.74) is 2.01. The largest absolute Gasteiger partial charge is 0.507 e. The maximum absolute atomic E-state index is 10.3. The SMILES string of the molecule is CC(Cc1ccc(O)c(I)c1)Nc1ncnc2c1ncn2[C@@H]1O[C@H](CO)[C@@H](O)[C@H]1O. The molecule has 4 rings (SSSR count). The van der Waals surface area contributed by atoms with Crippen molar-refractivity contribution in [3.63, 3.8) is 0 Å². The molecule has 11 heteroatoms. The molecule has 10 nitrogen and oxygen atoms in total. The highest BCUT2D eigenvalue weighted by molar-refractivity contribution is 14.1. The summed E-state index contributed by atoms with van der Waals surface area (Å²) >= 11 is 2.09. The molecular weight excluding hydrogens is 505 g/mol. The van der Waals surface area contributed by atoms with Crippen molar-refractivity contribution in [1.82, 2.24) is 19.5 Å². The maximum atomic E-state index is 10.3. The molecule has 160 valence electrons. The summed E-state index contributed by atoms with van der Waals surface area (Å²) in [6.45, 7) is 1.60. The van der Waals surface area contributed by atoms with E-state index in [2.05, 4.69) is 42.9 Å². The van der Waals surface area contributed by atoms with Crippen LogP contribution in [0.15, 0.2) is 30.9 Å². The number of phenolic OH excluding ortho intramolecular Hbond substituents is 1. The van der Waals surface area contributed by atoms with Crippen molar-refractivity contribution in [2.45, 2.75) is 43.9 Å². The fraction of sp³-hybridized carbons (Fsp3) is 0.421. The fourth-order valence-electron chi connectivity index (χ4n) is 3.57. The van der Waals surface area contributed by atoms with E-state index in [1.54, 1.807) is 6.07 Å². The quantitative estimate of drug-likeness (QED) is 0.294. The van der Waals surface area contributed by atoms with Crippen LogP contribution in [-0.2, 0) is 11.2 Å². The highest BCUT2D eigenvalue weighted by Gasteiger charge is 2.44. The molecule has 1 aromatic carbocycles. The lowest BCUT2D eigenvalue weighted by molar-refractivity contribution is -0.0511. The standard InChI is InChI=1S/C19H22IN5O5/c1-9(4-10-2-3-12(27)11(20)5-10)24-17-14-18(22-7-21-17)25(8-23-14)19-16(29)15(28)13(6-26)30-19/h2-3,5,7-9,13,15-16,19,26-29H,4,6H2,1H3,(H,21,22,24)/t9?,13-,15-,16-,19-/m1/s1. The van der Waals surface area contributed by atoms with E-state index in [1.165, 1.54) is 17.2 Å². The Balaban J connectivity index is 1.55. The van der Waals surface area contributed by atoms with Gasteiger partial charge in [-0.1, -0.05) is 6.07 Å². The van der Waals surface area contributed by atoms with Gasteiger partial charge in [-0.15, -0.1) is 0 Å². The van der Waals surface area contributed by atoms with Gasteiger partial charge in [0.1, 0.15) is 30.4 Å². The first-order chi connectivity index (χ1) is 14.4. The van der Waals surface area contributed by atoms with Gasteiger partial charge in [0, 0.05) is 6.04 Å². The lowest BCUT2D eigenvalue weighted by Gasteiger charge is -2.17. The number of hydrogen-bond acceptors (Lipinski definition) is 9. The van der Waals surface area contributed by atoms with Gasteiger partial charge in [-0.3, -0.25) is 4.57 Å². The van der Waals surface area contributed by atoms with Crippen molar-refractivity contribution in [2.24, 2.45) is 0 Å². The molecule has 0 aliphatic carbocycles. The molecule has 1 saturated heterocycles. The van der Waals surface area contributed by atoms with Gasteiger partial charge in [0.25, 0.3) is 0 Å². The number of hydrogen-bond donors (Lipinski definition) is 5. The first-order valence-corrected chi connectivity index (χ1v) is 10.5. The van der Waals surface area contributed by atoms with Crippen LogP contribution in [0.4, 0.5) is 5.82 Å². The van der Waals surface area contributed by atoms with Gasteiger partial charge in [-0.2, -0.15) is 0 Å². The summed E-state index contributed by atoms with van der Waals surface area (Å²) in [6, 6.07) is 5.50. The first kappa shape index (κ1) is 21.2. The molecule has 30 heavy (non-hydrogen) atoms. The van der Waals surface area contributed by atoms with Gasteiger partial charge in [0.15, 0.2) is 23.2 Å². The van der Waals surface area contributed by atoms with Crippen LogP contribution in [0.3, 0.4) is 0 Å². The lowest BCUT2D eigenvalue weighted by atomic mass is 10.1. The maximum Gasteiger partial charge on any atom is 0.167 e. The molecule has 1 fully saturated rings. The van der Waals surface area contributed by atoms with E-state index in [1.807, 2.05) is 19.1 Å². The summed E-state index contributed by atoms with van der Waals surface area (Å²) in [5, 5.41) is 42.6. The minimum Gasteiger partial charge on any atom is -0.507 e. The van der Waals surface area contributed by atoms with Crippen LogP contribution in [0.2, 0.25) is 0 Å². The molecule has 1 aliphatic rings. The third-order valence-corrected chi connectivity index (χ3v) is 5.95. The number of halogens is 1. The molecule has 3 aromatic rings. The summed E-state index contributed by atoms with van der Waals surface area (Å²) in [4.78, 5) is 12.9. The van der Waals surface area contributed by atoms with Crippen LogP contribution in [0, 0.1) is 3.57 Å². The zero-order valence-electron chi connectivity index (χ0n) is 16.1. The summed E-state index contributed by atoms with van der Waals surface area (Å²) in [5.74, 6) is 0.791. The third kappa shape index (κ3) is 3.95. The van der Waals surface area contributed by atoms with Crippen LogP contribution in [0.1, 0.15) is 18.7 Å². The second-order valence-electron chi connectivity index (χ2n) is 7.31. The zero-order chi connectivity index (χ0) is 21.4.